The largest absolute Gasteiger partial charge is 0.366 e. The number of hydrogen-bond acceptors (Lipinski definition) is 5. The zero-order valence-electron chi connectivity index (χ0n) is 16.4. The smallest absolute Gasteiger partial charge is 0.289 e. The van der Waals surface area contributed by atoms with Crippen LogP contribution in [0.4, 0.5) is 5.95 Å². The van der Waals surface area contributed by atoms with E-state index in [2.05, 4.69) is 70.6 Å². The third kappa shape index (κ3) is 3.37. The monoisotopic (exact) mass is 379 g/mol. The van der Waals surface area contributed by atoms with E-state index in [1.807, 2.05) is 10.9 Å². The van der Waals surface area contributed by atoms with Crippen molar-refractivity contribution in [1.29, 1.82) is 0 Å². The molecule has 2 aromatic heterocycles. The standard InChI is InChI=1S/C20H25N7O/c1-20(2,3)12-7-9-13(10-8-12)27-16-6-4-5-15(14(16)11-22-27)23-18(28)17-24-19(21)26-25-17/h7-11,15H,4-6H2,1-3H3,(H,23,28)(H3,21,24,25,26)/t15-/m1/s1. The fourth-order valence-corrected chi connectivity index (χ4v) is 3.63. The second-order valence-electron chi connectivity index (χ2n) is 8.22. The summed E-state index contributed by atoms with van der Waals surface area (Å²) >= 11 is 0. The van der Waals surface area contributed by atoms with Crippen LogP contribution in [0.15, 0.2) is 30.5 Å². The van der Waals surface area contributed by atoms with Gasteiger partial charge in [0, 0.05) is 11.3 Å². The Balaban J connectivity index is 1.58. The van der Waals surface area contributed by atoms with Gasteiger partial charge in [-0.25, -0.2) is 4.68 Å². The van der Waals surface area contributed by atoms with E-state index in [0.29, 0.717) is 0 Å². The number of nitrogens with zero attached hydrogens (tertiary/aromatic N) is 4. The molecule has 1 aliphatic carbocycles. The fourth-order valence-electron chi connectivity index (χ4n) is 3.63. The average Bonchev–Trinajstić information content (AvgIpc) is 3.28. The van der Waals surface area contributed by atoms with Gasteiger partial charge in [0.1, 0.15) is 0 Å². The van der Waals surface area contributed by atoms with Crippen molar-refractivity contribution < 1.29 is 4.79 Å². The highest BCUT2D eigenvalue weighted by molar-refractivity contribution is 5.90. The van der Waals surface area contributed by atoms with Crippen molar-refractivity contribution in [3.63, 3.8) is 0 Å². The van der Waals surface area contributed by atoms with Gasteiger partial charge in [-0.15, -0.1) is 5.10 Å². The minimum Gasteiger partial charge on any atom is -0.366 e. The number of aromatic amines is 1. The van der Waals surface area contributed by atoms with Crippen LogP contribution in [-0.4, -0.2) is 30.9 Å². The summed E-state index contributed by atoms with van der Waals surface area (Å²) in [5.74, 6) is -0.139. The molecule has 0 bridgehead atoms. The van der Waals surface area contributed by atoms with Gasteiger partial charge in [-0.05, 0) is 42.4 Å². The van der Waals surface area contributed by atoms with E-state index in [4.69, 9.17) is 5.73 Å². The van der Waals surface area contributed by atoms with E-state index >= 15 is 0 Å². The van der Waals surface area contributed by atoms with E-state index in [1.165, 1.54) is 5.56 Å². The van der Waals surface area contributed by atoms with E-state index in [-0.39, 0.29) is 29.1 Å². The highest BCUT2D eigenvalue weighted by Crippen LogP contribution is 2.32. The summed E-state index contributed by atoms with van der Waals surface area (Å²) < 4.78 is 1.98. The van der Waals surface area contributed by atoms with Gasteiger partial charge in [-0.1, -0.05) is 32.9 Å². The van der Waals surface area contributed by atoms with Crippen LogP contribution >= 0.6 is 0 Å². The summed E-state index contributed by atoms with van der Waals surface area (Å²) in [5.41, 5.74) is 10.1. The lowest BCUT2D eigenvalue weighted by Gasteiger charge is -2.24. The normalized spacial score (nSPS) is 16.6. The topological polar surface area (TPSA) is 115 Å². The Morgan fingerprint density at radius 3 is 2.68 bits per heavy atom. The fraction of sp³-hybridized carbons (Fsp3) is 0.400. The second-order valence-corrected chi connectivity index (χ2v) is 8.22. The molecule has 4 rings (SSSR count). The van der Waals surface area contributed by atoms with Crippen molar-refractivity contribution in [3.8, 4) is 5.69 Å². The SMILES string of the molecule is CC(C)(C)c1ccc(-n2ncc3c2CCC[C@H]3NC(=O)c2nc(N)n[nH]2)cc1. The van der Waals surface area contributed by atoms with Crippen LogP contribution in [0.2, 0.25) is 0 Å². The molecule has 0 saturated carbocycles. The molecule has 0 unspecified atom stereocenters. The Hall–Kier alpha value is -3.16. The molecule has 0 spiro atoms. The molecule has 0 saturated heterocycles. The quantitative estimate of drug-likeness (QED) is 0.647. The summed E-state index contributed by atoms with van der Waals surface area (Å²) in [6, 6.07) is 8.41. The van der Waals surface area contributed by atoms with Crippen molar-refractivity contribution in [1.82, 2.24) is 30.3 Å². The summed E-state index contributed by atoms with van der Waals surface area (Å²) in [4.78, 5) is 16.3. The van der Waals surface area contributed by atoms with E-state index in [9.17, 15) is 4.79 Å². The Labute approximate surface area is 163 Å². The Morgan fingerprint density at radius 1 is 1.29 bits per heavy atom. The number of carbonyl (C=O) groups excluding carboxylic acids is 1. The lowest BCUT2D eigenvalue weighted by molar-refractivity contribution is 0.0922. The molecule has 8 heteroatoms. The number of anilines is 1. The molecule has 4 N–H and O–H groups in total. The first kappa shape index (κ1) is 18.2. The predicted octanol–water partition coefficient (Wildman–Crippen LogP) is 2.68. The molecule has 1 aromatic carbocycles. The van der Waals surface area contributed by atoms with Crippen molar-refractivity contribution >= 4 is 11.9 Å². The molecule has 8 nitrogen and oxygen atoms in total. The van der Waals surface area contributed by atoms with Crippen LogP contribution in [-0.2, 0) is 11.8 Å². The van der Waals surface area contributed by atoms with Gasteiger partial charge in [0.25, 0.3) is 5.91 Å². The number of fused-ring (bicyclic) bond motifs is 1. The number of H-pyrrole nitrogens is 1. The molecule has 1 amide bonds. The van der Waals surface area contributed by atoms with Crippen molar-refractivity contribution in [2.75, 3.05) is 5.73 Å². The van der Waals surface area contributed by atoms with Crippen LogP contribution < -0.4 is 11.1 Å². The summed E-state index contributed by atoms with van der Waals surface area (Å²) in [6.45, 7) is 6.60. The molecular weight excluding hydrogens is 354 g/mol. The number of rotatable bonds is 3. The Bertz CT molecular complexity index is 994. The molecular formula is C20H25N7O. The van der Waals surface area contributed by atoms with Gasteiger partial charge in [0.2, 0.25) is 11.8 Å². The molecule has 3 aromatic rings. The maximum atomic E-state index is 12.4. The lowest BCUT2D eigenvalue weighted by Crippen LogP contribution is -2.31. The molecule has 0 aliphatic heterocycles. The zero-order valence-corrected chi connectivity index (χ0v) is 16.4. The maximum Gasteiger partial charge on any atom is 0.289 e. The Morgan fingerprint density at radius 2 is 2.04 bits per heavy atom. The second kappa shape index (κ2) is 6.78. The van der Waals surface area contributed by atoms with E-state index in [1.54, 1.807) is 0 Å². The van der Waals surface area contributed by atoms with Crippen LogP contribution in [0.1, 0.15) is 67.1 Å². The molecule has 1 atom stereocenters. The van der Waals surface area contributed by atoms with Crippen molar-refractivity contribution in [2.45, 2.75) is 51.5 Å². The highest BCUT2D eigenvalue weighted by Gasteiger charge is 2.27. The molecule has 0 fully saturated rings. The number of nitrogen functional groups attached to an aromatic ring is 1. The van der Waals surface area contributed by atoms with Gasteiger partial charge in [-0.2, -0.15) is 10.1 Å². The third-order valence-electron chi connectivity index (χ3n) is 5.18. The summed E-state index contributed by atoms with van der Waals surface area (Å²) in [5, 5.41) is 13.9. The van der Waals surface area contributed by atoms with Crippen molar-refractivity contribution in [2.24, 2.45) is 0 Å². The number of benzene rings is 1. The molecule has 0 radical (unpaired) electrons. The number of aromatic nitrogens is 5. The summed E-state index contributed by atoms with van der Waals surface area (Å²) in [6.07, 6.45) is 4.61. The first-order chi connectivity index (χ1) is 13.3. The third-order valence-corrected chi connectivity index (χ3v) is 5.18. The first-order valence-electron chi connectivity index (χ1n) is 9.49. The van der Waals surface area contributed by atoms with Gasteiger partial charge in [-0.3, -0.25) is 9.89 Å². The van der Waals surface area contributed by atoms with Gasteiger partial charge in [0.15, 0.2) is 0 Å². The minimum absolute atomic E-state index is 0.0565. The van der Waals surface area contributed by atoms with Gasteiger partial charge < -0.3 is 11.1 Å². The van der Waals surface area contributed by atoms with Crippen LogP contribution in [0.25, 0.3) is 5.69 Å². The van der Waals surface area contributed by atoms with Crippen LogP contribution in [0.3, 0.4) is 0 Å². The van der Waals surface area contributed by atoms with Crippen molar-refractivity contribution in [3.05, 3.63) is 53.1 Å². The van der Waals surface area contributed by atoms with Crippen LogP contribution in [0, 0.1) is 0 Å². The van der Waals surface area contributed by atoms with Crippen LogP contribution in [0.5, 0.6) is 0 Å². The maximum absolute atomic E-state index is 12.4. The van der Waals surface area contributed by atoms with Gasteiger partial charge in [0.05, 0.1) is 17.9 Å². The number of nitrogens with one attached hydrogen (secondary N) is 2. The number of hydrogen-bond donors (Lipinski definition) is 3. The highest BCUT2D eigenvalue weighted by atomic mass is 16.2. The van der Waals surface area contributed by atoms with E-state index < -0.39 is 0 Å². The lowest BCUT2D eigenvalue weighted by atomic mass is 9.87. The van der Waals surface area contributed by atoms with E-state index in [0.717, 1.165) is 36.2 Å². The number of amides is 1. The number of nitrogens with two attached hydrogens (primary N) is 1. The predicted molar refractivity (Wildman–Crippen MR) is 106 cm³/mol. The first-order valence-corrected chi connectivity index (χ1v) is 9.49. The summed E-state index contributed by atoms with van der Waals surface area (Å²) in [7, 11) is 0. The Kier molecular flexibility index (Phi) is 4.41. The average molecular weight is 379 g/mol. The molecule has 28 heavy (non-hydrogen) atoms. The zero-order chi connectivity index (χ0) is 19.9. The molecule has 1 aliphatic rings. The molecule has 146 valence electrons. The number of carbonyl (C=O) groups is 1. The minimum atomic E-state index is -0.315. The molecule has 2 heterocycles. The van der Waals surface area contributed by atoms with Gasteiger partial charge >= 0.3 is 0 Å².